The van der Waals surface area contributed by atoms with E-state index in [4.69, 9.17) is 4.74 Å². The Labute approximate surface area is 157 Å². The number of morpholine rings is 1. The van der Waals surface area contributed by atoms with Crippen molar-refractivity contribution in [3.63, 3.8) is 0 Å². The molecule has 3 nitrogen and oxygen atoms in total. The van der Waals surface area contributed by atoms with Crippen molar-refractivity contribution < 1.29 is 14.4 Å². The third-order valence-electron chi connectivity index (χ3n) is 7.93. The summed E-state index contributed by atoms with van der Waals surface area (Å²) >= 11 is 0. The van der Waals surface area contributed by atoms with Crippen LogP contribution in [0, 0.1) is 24.2 Å². The van der Waals surface area contributed by atoms with Crippen LogP contribution >= 0.6 is 0 Å². The van der Waals surface area contributed by atoms with E-state index in [2.05, 4.69) is 31.2 Å². The Morgan fingerprint density at radius 1 is 1.08 bits per heavy atom. The summed E-state index contributed by atoms with van der Waals surface area (Å²) < 4.78 is 5.48. The van der Waals surface area contributed by atoms with Crippen LogP contribution in [0.5, 0.6) is 0 Å². The van der Waals surface area contributed by atoms with Gasteiger partial charge in [0.2, 0.25) is 0 Å². The molecule has 1 saturated heterocycles. The number of nitrogens with one attached hydrogen (secondary N) is 1. The quantitative estimate of drug-likeness (QED) is 0.900. The molecule has 4 saturated carbocycles. The van der Waals surface area contributed by atoms with Crippen molar-refractivity contribution in [3.05, 3.63) is 35.4 Å². The second kappa shape index (κ2) is 6.17. The van der Waals surface area contributed by atoms with Crippen LogP contribution < -0.4 is 4.90 Å². The number of aryl methyl sites for hydroxylation is 1. The highest BCUT2D eigenvalue weighted by atomic mass is 16.5. The molecule has 5 aliphatic rings. The second-order valence-corrected chi connectivity index (χ2v) is 9.85. The summed E-state index contributed by atoms with van der Waals surface area (Å²) in [7, 11) is 0. The molecular formula is C23H32NO2+. The molecule has 4 aliphatic carbocycles. The van der Waals surface area contributed by atoms with Crippen LogP contribution in [0.2, 0.25) is 0 Å². The Balaban J connectivity index is 1.42. The van der Waals surface area contributed by atoms with E-state index in [0.29, 0.717) is 5.78 Å². The summed E-state index contributed by atoms with van der Waals surface area (Å²) in [5.41, 5.74) is 3.09. The lowest BCUT2D eigenvalue weighted by Gasteiger charge is -2.61. The third kappa shape index (κ3) is 2.75. The molecule has 6 rings (SSSR count). The first-order valence-corrected chi connectivity index (χ1v) is 10.6. The van der Waals surface area contributed by atoms with Gasteiger partial charge in [-0.2, -0.15) is 0 Å². The zero-order valence-electron chi connectivity index (χ0n) is 16.1. The van der Waals surface area contributed by atoms with Crippen LogP contribution in [-0.4, -0.2) is 38.6 Å². The van der Waals surface area contributed by atoms with Crippen molar-refractivity contribution >= 4 is 5.78 Å². The Morgan fingerprint density at radius 3 is 2.38 bits per heavy atom. The summed E-state index contributed by atoms with van der Waals surface area (Å²) in [5, 5.41) is 0. The number of benzene rings is 1. The minimum atomic E-state index is -0.0275. The van der Waals surface area contributed by atoms with Gasteiger partial charge in [0.1, 0.15) is 19.6 Å². The summed E-state index contributed by atoms with van der Waals surface area (Å²) in [6, 6.07) is 9.24. The van der Waals surface area contributed by atoms with Crippen LogP contribution in [-0.2, 0) is 14.9 Å². The Bertz CT molecular complexity index is 675. The van der Waals surface area contributed by atoms with Crippen molar-refractivity contribution in [1.82, 2.24) is 0 Å². The molecule has 0 amide bonds. The average Bonchev–Trinajstić information content (AvgIpc) is 2.62. The molecule has 1 aromatic carbocycles. The van der Waals surface area contributed by atoms with Crippen molar-refractivity contribution in [1.29, 1.82) is 0 Å². The molecule has 26 heavy (non-hydrogen) atoms. The molecular weight excluding hydrogens is 322 g/mol. The molecule has 4 atom stereocenters. The van der Waals surface area contributed by atoms with Crippen molar-refractivity contribution in [3.8, 4) is 0 Å². The molecule has 5 fully saturated rings. The smallest absolute Gasteiger partial charge is 0.192 e. The molecule has 3 heteroatoms. The largest absolute Gasteiger partial charge is 0.370 e. The molecule has 0 spiro atoms. The number of ether oxygens (including phenoxy) is 1. The minimum Gasteiger partial charge on any atom is -0.370 e. The van der Waals surface area contributed by atoms with Gasteiger partial charge in [-0.25, -0.2) is 0 Å². The summed E-state index contributed by atoms with van der Waals surface area (Å²) in [6.45, 7) is 6.52. The van der Waals surface area contributed by atoms with E-state index in [-0.39, 0.29) is 10.8 Å². The van der Waals surface area contributed by atoms with Crippen molar-refractivity contribution in [2.24, 2.45) is 17.3 Å². The van der Waals surface area contributed by atoms with Crippen LogP contribution in [0.4, 0.5) is 0 Å². The van der Waals surface area contributed by atoms with Gasteiger partial charge in [-0.1, -0.05) is 29.8 Å². The van der Waals surface area contributed by atoms with Crippen molar-refractivity contribution in [2.45, 2.75) is 50.9 Å². The second-order valence-electron chi connectivity index (χ2n) is 9.85. The van der Waals surface area contributed by atoms with Crippen LogP contribution in [0.15, 0.2) is 24.3 Å². The normalized spacial score (nSPS) is 39.3. The highest BCUT2D eigenvalue weighted by Crippen LogP contribution is 2.65. The minimum absolute atomic E-state index is 0.0275. The standard InChI is InChI=1S/C23H31NO2/c1-17-2-4-20(5-3-17)22-11-18-10-19(12-22)14-23(13-18,16-22)21(25)15-24-6-8-26-9-7-24/h2-5,18-19H,6-16H2,1H3/p+1/t18-,19+,22?,23?. The number of ketones is 1. The molecule has 1 N–H and O–H groups in total. The van der Waals surface area contributed by atoms with Gasteiger partial charge in [-0.05, 0) is 68.3 Å². The SMILES string of the molecule is Cc1ccc(C23C[C@@H]4C[C@@H](CC(C(=O)C[NH+]5CCOCC5)(C4)C2)C3)cc1. The molecule has 1 heterocycles. The molecule has 0 radical (unpaired) electrons. The number of carbonyl (C=O) groups is 1. The number of hydrogen-bond donors (Lipinski definition) is 1. The van der Waals surface area contributed by atoms with E-state index in [1.165, 1.54) is 48.1 Å². The maximum Gasteiger partial charge on any atom is 0.192 e. The van der Waals surface area contributed by atoms with Crippen molar-refractivity contribution in [2.75, 3.05) is 32.8 Å². The van der Waals surface area contributed by atoms with Gasteiger partial charge in [-0.3, -0.25) is 4.79 Å². The van der Waals surface area contributed by atoms with Gasteiger partial charge in [0.15, 0.2) is 5.78 Å². The van der Waals surface area contributed by atoms with Gasteiger partial charge in [0, 0.05) is 5.41 Å². The maximum atomic E-state index is 13.5. The third-order valence-corrected chi connectivity index (χ3v) is 7.93. The molecule has 1 aliphatic heterocycles. The molecule has 2 unspecified atom stereocenters. The zero-order valence-corrected chi connectivity index (χ0v) is 16.1. The average molecular weight is 355 g/mol. The lowest BCUT2D eigenvalue weighted by molar-refractivity contribution is -0.900. The first-order chi connectivity index (χ1) is 12.6. The van der Waals surface area contributed by atoms with Crippen LogP contribution in [0.3, 0.4) is 0 Å². The molecule has 140 valence electrons. The first kappa shape index (κ1) is 16.9. The fourth-order valence-electron chi connectivity index (χ4n) is 7.09. The summed E-state index contributed by atoms with van der Waals surface area (Å²) in [4.78, 5) is 15.0. The van der Waals surface area contributed by atoms with Gasteiger partial charge in [-0.15, -0.1) is 0 Å². The van der Waals surface area contributed by atoms with E-state index in [1.807, 2.05) is 0 Å². The van der Waals surface area contributed by atoms with Gasteiger partial charge in [0.05, 0.1) is 13.2 Å². The van der Waals surface area contributed by atoms with Crippen LogP contribution in [0.1, 0.15) is 49.7 Å². The van der Waals surface area contributed by atoms with Crippen LogP contribution in [0.25, 0.3) is 0 Å². The summed E-state index contributed by atoms with van der Waals surface area (Å²) in [5.74, 6) is 2.10. The van der Waals surface area contributed by atoms with Gasteiger partial charge < -0.3 is 9.64 Å². The predicted molar refractivity (Wildman–Crippen MR) is 101 cm³/mol. The number of hydrogen-bond acceptors (Lipinski definition) is 2. The Kier molecular flexibility index (Phi) is 4.02. The monoisotopic (exact) mass is 354 g/mol. The highest BCUT2D eigenvalue weighted by molar-refractivity contribution is 5.86. The number of rotatable bonds is 4. The van der Waals surface area contributed by atoms with E-state index < -0.39 is 0 Å². The van der Waals surface area contributed by atoms with Gasteiger partial charge >= 0.3 is 0 Å². The van der Waals surface area contributed by atoms with Gasteiger partial charge in [0.25, 0.3) is 0 Å². The topological polar surface area (TPSA) is 30.7 Å². The lowest BCUT2D eigenvalue weighted by atomic mass is 9.42. The number of carbonyl (C=O) groups excluding carboxylic acids is 1. The maximum absolute atomic E-state index is 13.5. The Hall–Kier alpha value is -1.19. The molecule has 0 aromatic heterocycles. The summed E-state index contributed by atoms with van der Waals surface area (Å²) in [6.07, 6.45) is 7.43. The van der Waals surface area contributed by atoms with E-state index in [0.717, 1.165) is 51.1 Å². The fourth-order valence-corrected chi connectivity index (χ4v) is 7.09. The first-order valence-electron chi connectivity index (χ1n) is 10.6. The predicted octanol–water partition coefficient (Wildman–Crippen LogP) is 2.32. The fraction of sp³-hybridized carbons (Fsp3) is 0.696. The number of quaternary nitrogens is 1. The number of Topliss-reactive ketones (excluding diaryl/α,β-unsaturated/α-hetero) is 1. The van der Waals surface area contributed by atoms with E-state index in [1.54, 1.807) is 0 Å². The Morgan fingerprint density at radius 2 is 1.73 bits per heavy atom. The zero-order chi connectivity index (χ0) is 17.8. The molecule has 4 bridgehead atoms. The highest BCUT2D eigenvalue weighted by Gasteiger charge is 2.61. The lowest BCUT2D eigenvalue weighted by Crippen LogP contribution is -3.15. The molecule has 1 aromatic rings. The van der Waals surface area contributed by atoms with E-state index >= 15 is 0 Å². The van der Waals surface area contributed by atoms with E-state index in [9.17, 15) is 4.79 Å².